The van der Waals surface area contributed by atoms with Gasteiger partial charge in [-0.15, -0.1) is 0 Å². The normalized spacial score (nSPS) is 15.8. The number of sulfone groups is 1. The molecule has 0 aliphatic carbocycles. The third-order valence-corrected chi connectivity index (χ3v) is 7.40. The van der Waals surface area contributed by atoms with E-state index in [1.54, 1.807) is 45.0 Å². The number of pyridine rings is 1. The molecule has 1 atom stereocenters. The Labute approximate surface area is 230 Å². The summed E-state index contributed by atoms with van der Waals surface area (Å²) in [6.07, 6.45) is 2.04. The first kappa shape index (κ1) is 27.5. The van der Waals surface area contributed by atoms with E-state index < -0.39 is 34.2 Å². The number of amides is 1. The van der Waals surface area contributed by atoms with Crippen LogP contribution in [0.25, 0.3) is 22.2 Å². The molecule has 40 heavy (non-hydrogen) atoms. The molecule has 4 aromatic rings. The maximum Gasteiger partial charge on any atom is 0.410 e. The molecule has 210 valence electrons. The van der Waals surface area contributed by atoms with Gasteiger partial charge in [0.1, 0.15) is 17.2 Å². The van der Waals surface area contributed by atoms with Crippen LogP contribution in [0.2, 0.25) is 0 Å². The zero-order valence-corrected chi connectivity index (χ0v) is 23.2. The molecule has 0 radical (unpaired) electrons. The van der Waals surface area contributed by atoms with Gasteiger partial charge in [-0.25, -0.2) is 23.2 Å². The Hall–Kier alpha value is -4.06. The SMILES string of the molecule is CC(C)(C)OC(=O)N1Cc2nc3ccc(-c4ccc(S(C)(=O)=O)nc4)cc3n2[C@H](c2ccccc2OC(F)F)C1. The molecule has 0 saturated carbocycles. The van der Waals surface area contributed by atoms with Crippen molar-refractivity contribution < 1.29 is 31.5 Å². The molecule has 9 nitrogen and oxygen atoms in total. The average Bonchev–Trinajstić information content (AvgIpc) is 3.24. The molecule has 1 aliphatic rings. The monoisotopic (exact) mass is 570 g/mol. The molecular formula is C28H28F2N4O5S. The molecular weight excluding hydrogens is 542 g/mol. The number of hydrogen-bond donors (Lipinski definition) is 0. The smallest absolute Gasteiger partial charge is 0.410 e. The van der Waals surface area contributed by atoms with Crippen LogP contribution in [0.5, 0.6) is 5.75 Å². The predicted molar refractivity (Wildman–Crippen MR) is 144 cm³/mol. The van der Waals surface area contributed by atoms with Gasteiger partial charge in [-0.2, -0.15) is 8.78 Å². The Balaban J connectivity index is 1.64. The lowest BCUT2D eigenvalue weighted by Crippen LogP contribution is -2.44. The number of benzene rings is 2. The lowest BCUT2D eigenvalue weighted by Gasteiger charge is -2.36. The van der Waals surface area contributed by atoms with E-state index in [9.17, 15) is 22.0 Å². The van der Waals surface area contributed by atoms with Crippen LogP contribution in [0.15, 0.2) is 65.8 Å². The van der Waals surface area contributed by atoms with Crippen LogP contribution in [-0.2, 0) is 21.1 Å². The van der Waals surface area contributed by atoms with Gasteiger partial charge in [-0.05, 0) is 56.7 Å². The van der Waals surface area contributed by atoms with E-state index >= 15 is 0 Å². The predicted octanol–water partition coefficient (Wildman–Crippen LogP) is 5.44. The second-order valence-corrected chi connectivity index (χ2v) is 12.5. The van der Waals surface area contributed by atoms with Gasteiger partial charge in [0, 0.05) is 30.1 Å². The van der Waals surface area contributed by atoms with Crippen molar-refractivity contribution in [2.24, 2.45) is 0 Å². The van der Waals surface area contributed by atoms with Crippen LogP contribution in [0.1, 0.15) is 38.2 Å². The highest BCUT2D eigenvalue weighted by Crippen LogP contribution is 2.38. The van der Waals surface area contributed by atoms with E-state index in [-0.39, 0.29) is 23.9 Å². The third kappa shape index (κ3) is 5.62. The quantitative estimate of drug-likeness (QED) is 0.315. The Morgan fingerprint density at radius 1 is 1.07 bits per heavy atom. The lowest BCUT2D eigenvalue weighted by molar-refractivity contribution is -0.0509. The molecule has 0 saturated heterocycles. The van der Waals surface area contributed by atoms with Gasteiger partial charge < -0.3 is 14.0 Å². The summed E-state index contributed by atoms with van der Waals surface area (Å²) in [5.74, 6) is 0.546. The third-order valence-electron chi connectivity index (χ3n) is 6.40. The van der Waals surface area contributed by atoms with E-state index in [1.807, 2.05) is 22.8 Å². The van der Waals surface area contributed by atoms with Gasteiger partial charge in [0.2, 0.25) is 0 Å². The summed E-state index contributed by atoms with van der Waals surface area (Å²) in [5, 5.41) is -0.0306. The number of imidazole rings is 1. The average molecular weight is 571 g/mol. The molecule has 5 rings (SSSR count). The molecule has 0 unspecified atom stereocenters. The number of aromatic nitrogens is 3. The highest BCUT2D eigenvalue weighted by molar-refractivity contribution is 7.90. The summed E-state index contributed by atoms with van der Waals surface area (Å²) in [6, 6.07) is 14.5. The molecule has 0 spiro atoms. The zero-order chi connectivity index (χ0) is 28.8. The number of nitrogens with zero attached hydrogens (tertiary/aromatic N) is 4. The summed E-state index contributed by atoms with van der Waals surface area (Å²) in [5.41, 5.74) is 2.53. The topological polar surface area (TPSA) is 104 Å². The van der Waals surface area contributed by atoms with Crippen molar-refractivity contribution in [3.8, 4) is 16.9 Å². The molecule has 0 fully saturated rings. The molecule has 1 aliphatic heterocycles. The first-order chi connectivity index (χ1) is 18.8. The number of ether oxygens (including phenoxy) is 2. The molecule has 12 heteroatoms. The summed E-state index contributed by atoms with van der Waals surface area (Å²) < 4.78 is 62.7. The minimum absolute atomic E-state index is 0.00180. The van der Waals surface area contributed by atoms with E-state index in [1.165, 1.54) is 23.2 Å². The number of alkyl halides is 2. The minimum atomic E-state index is -3.45. The zero-order valence-electron chi connectivity index (χ0n) is 22.3. The van der Waals surface area contributed by atoms with Crippen molar-refractivity contribution in [2.45, 2.75) is 50.6 Å². The van der Waals surface area contributed by atoms with Crippen molar-refractivity contribution in [1.82, 2.24) is 19.4 Å². The highest BCUT2D eigenvalue weighted by Gasteiger charge is 2.35. The minimum Gasteiger partial charge on any atom is -0.444 e. The van der Waals surface area contributed by atoms with Crippen molar-refractivity contribution in [1.29, 1.82) is 0 Å². The summed E-state index contributed by atoms with van der Waals surface area (Å²) in [4.78, 5) is 23.4. The number of carbonyl (C=O) groups excluding carboxylic acids is 1. The summed E-state index contributed by atoms with van der Waals surface area (Å²) in [7, 11) is -3.45. The van der Waals surface area contributed by atoms with E-state index in [0.717, 1.165) is 11.8 Å². The van der Waals surface area contributed by atoms with Crippen LogP contribution in [0.3, 0.4) is 0 Å². The van der Waals surface area contributed by atoms with Crippen molar-refractivity contribution in [2.75, 3.05) is 12.8 Å². The Bertz CT molecular complexity index is 1680. The van der Waals surface area contributed by atoms with Crippen LogP contribution in [0.4, 0.5) is 13.6 Å². The lowest BCUT2D eigenvalue weighted by atomic mass is 10.0. The summed E-state index contributed by atoms with van der Waals surface area (Å²) in [6.45, 7) is 2.56. The van der Waals surface area contributed by atoms with Crippen LogP contribution in [0, 0.1) is 0 Å². The fourth-order valence-corrected chi connectivity index (χ4v) is 5.30. The van der Waals surface area contributed by atoms with Crippen LogP contribution in [-0.4, -0.2) is 59.0 Å². The van der Waals surface area contributed by atoms with Gasteiger partial charge in [-0.1, -0.05) is 24.3 Å². The van der Waals surface area contributed by atoms with Crippen molar-refractivity contribution in [3.05, 3.63) is 72.2 Å². The maximum atomic E-state index is 13.3. The number of carbonyl (C=O) groups is 1. The largest absolute Gasteiger partial charge is 0.444 e. The molecule has 0 bridgehead atoms. The number of halogens is 2. The fraction of sp³-hybridized carbons (Fsp3) is 0.321. The van der Waals surface area contributed by atoms with Crippen molar-refractivity contribution in [3.63, 3.8) is 0 Å². The molecule has 2 aromatic carbocycles. The summed E-state index contributed by atoms with van der Waals surface area (Å²) >= 11 is 0. The second-order valence-electron chi connectivity index (χ2n) is 10.6. The highest BCUT2D eigenvalue weighted by atomic mass is 32.2. The second kappa shape index (κ2) is 10.2. The maximum absolute atomic E-state index is 13.3. The van der Waals surface area contributed by atoms with Gasteiger partial charge in [0.05, 0.1) is 23.6 Å². The standard InChI is InChI=1S/C28H28F2N4O5S/c1-28(2,3)39-27(35)33-15-22(19-7-5-6-8-23(19)38-26(29)30)34-21-13-17(9-11-20(21)32-24(34)16-33)18-10-12-25(31-14-18)40(4,36)37/h5-14,22,26H,15-16H2,1-4H3/t22-/m0/s1. The Morgan fingerprint density at radius 3 is 2.45 bits per heavy atom. The Morgan fingerprint density at radius 2 is 1.80 bits per heavy atom. The van der Waals surface area contributed by atoms with Gasteiger partial charge in [-0.3, -0.25) is 4.90 Å². The number of rotatable bonds is 5. The molecule has 2 aromatic heterocycles. The molecule has 0 N–H and O–H groups in total. The molecule has 1 amide bonds. The van der Waals surface area contributed by atoms with Gasteiger partial charge >= 0.3 is 12.7 Å². The van der Waals surface area contributed by atoms with Crippen LogP contribution >= 0.6 is 0 Å². The van der Waals surface area contributed by atoms with E-state index in [2.05, 4.69) is 4.98 Å². The number of para-hydroxylation sites is 1. The number of fused-ring (bicyclic) bond motifs is 3. The first-order valence-corrected chi connectivity index (χ1v) is 14.4. The van der Waals surface area contributed by atoms with Crippen molar-refractivity contribution >= 4 is 27.0 Å². The number of hydrogen-bond acceptors (Lipinski definition) is 7. The molecule has 3 heterocycles. The first-order valence-electron chi connectivity index (χ1n) is 12.5. The Kier molecular flexibility index (Phi) is 6.99. The van der Waals surface area contributed by atoms with Gasteiger partial charge in [0.25, 0.3) is 0 Å². The van der Waals surface area contributed by atoms with Gasteiger partial charge in [0.15, 0.2) is 14.9 Å². The van der Waals surface area contributed by atoms with E-state index in [4.69, 9.17) is 14.5 Å². The van der Waals surface area contributed by atoms with E-state index in [0.29, 0.717) is 28.0 Å². The van der Waals surface area contributed by atoms with Crippen LogP contribution < -0.4 is 4.74 Å². The fourth-order valence-electron chi connectivity index (χ4n) is 4.74.